The summed E-state index contributed by atoms with van der Waals surface area (Å²) in [5.41, 5.74) is 0. The third kappa shape index (κ3) is 5.31. The zero-order valence-corrected chi connectivity index (χ0v) is 11.5. The number of hydrogen-bond acceptors (Lipinski definition) is 2. The molecule has 0 aromatic rings. The molecule has 0 heterocycles. The lowest BCUT2D eigenvalue weighted by atomic mass is 9.87. The molecule has 2 heteroatoms. The molecule has 0 saturated heterocycles. The predicted molar refractivity (Wildman–Crippen MR) is 71.8 cm³/mol. The first-order valence-corrected chi connectivity index (χ1v) is 7.22. The molecule has 1 rings (SSSR count). The van der Waals surface area contributed by atoms with Gasteiger partial charge in [-0.3, -0.25) is 0 Å². The van der Waals surface area contributed by atoms with E-state index < -0.39 is 0 Å². The van der Waals surface area contributed by atoms with Gasteiger partial charge >= 0.3 is 0 Å². The van der Waals surface area contributed by atoms with Gasteiger partial charge in [0.05, 0.1) is 0 Å². The van der Waals surface area contributed by atoms with E-state index in [9.17, 15) is 0 Å². The van der Waals surface area contributed by atoms with E-state index in [1.165, 1.54) is 58.3 Å². The van der Waals surface area contributed by atoms with E-state index in [2.05, 4.69) is 31.0 Å². The van der Waals surface area contributed by atoms with Crippen molar-refractivity contribution >= 4 is 0 Å². The van der Waals surface area contributed by atoms with Crippen LogP contribution in [0.2, 0.25) is 0 Å². The molecule has 0 spiro atoms. The highest BCUT2D eigenvalue weighted by atomic mass is 15.1. The fourth-order valence-corrected chi connectivity index (χ4v) is 2.77. The Morgan fingerprint density at radius 1 is 1.19 bits per heavy atom. The predicted octanol–water partition coefficient (Wildman–Crippen LogP) is 2.89. The van der Waals surface area contributed by atoms with Crippen molar-refractivity contribution in [3.8, 4) is 0 Å². The zero-order valence-electron chi connectivity index (χ0n) is 11.5. The number of nitrogens with zero attached hydrogens (tertiary/aromatic N) is 1. The lowest BCUT2D eigenvalue weighted by Gasteiger charge is -2.28. The van der Waals surface area contributed by atoms with Crippen LogP contribution in [0.15, 0.2) is 0 Å². The van der Waals surface area contributed by atoms with E-state index in [-0.39, 0.29) is 0 Å². The summed E-state index contributed by atoms with van der Waals surface area (Å²) in [7, 11) is 0. The Kier molecular flexibility index (Phi) is 7.06. The van der Waals surface area contributed by atoms with Crippen molar-refractivity contribution < 1.29 is 0 Å². The molecule has 96 valence electrons. The highest BCUT2D eigenvalue weighted by molar-refractivity contribution is 4.75. The minimum atomic E-state index is 0.806. The molecule has 0 amide bonds. The second-order valence-electron chi connectivity index (χ2n) is 5.30. The lowest BCUT2D eigenvalue weighted by molar-refractivity contribution is 0.276. The molecule has 1 aliphatic rings. The molecular formula is C14H30N2. The monoisotopic (exact) mass is 226 g/mol. The van der Waals surface area contributed by atoms with Crippen molar-refractivity contribution in [1.29, 1.82) is 0 Å². The van der Waals surface area contributed by atoms with Gasteiger partial charge in [0.2, 0.25) is 0 Å². The molecule has 0 radical (unpaired) electrons. The SMILES string of the molecule is CCN(CC)CCCNC1CCCC(C)C1. The van der Waals surface area contributed by atoms with Gasteiger partial charge < -0.3 is 10.2 Å². The molecule has 2 unspecified atom stereocenters. The third-order valence-corrected chi connectivity index (χ3v) is 3.91. The van der Waals surface area contributed by atoms with Crippen LogP contribution in [0.4, 0.5) is 0 Å². The summed E-state index contributed by atoms with van der Waals surface area (Å²) in [6.07, 6.45) is 6.96. The molecule has 0 aromatic heterocycles. The third-order valence-electron chi connectivity index (χ3n) is 3.91. The van der Waals surface area contributed by atoms with Crippen molar-refractivity contribution in [2.24, 2.45) is 5.92 Å². The van der Waals surface area contributed by atoms with Gasteiger partial charge in [0.1, 0.15) is 0 Å². The standard InChI is InChI=1S/C14H30N2/c1-4-16(5-2)11-7-10-15-14-9-6-8-13(3)12-14/h13-15H,4-12H2,1-3H3. The minimum absolute atomic E-state index is 0.806. The number of nitrogens with one attached hydrogen (secondary N) is 1. The molecule has 1 aliphatic carbocycles. The average Bonchev–Trinajstić information content (AvgIpc) is 2.29. The van der Waals surface area contributed by atoms with Gasteiger partial charge in [-0.05, 0) is 51.4 Å². The number of hydrogen-bond donors (Lipinski definition) is 1. The molecule has 0 aliphatic heterocycles. The van der Waals surface area contributed by atoms with Gasteiger partial charge in [0.25, 0.3) is 0 Å². The van der Waals surface area contributed by atoms with Crippen LogP contribution in [0.3, 0.4) is 0 Å². The summed E-state index contributed by atoms with van der Waals surface area (Å²) in [5.74, 6) is 0.939. The fourth-order valence-electron chi connectivity index (χ4n) is 2.77. The Morgan fingerprint density at radius 3 is 2.56 bits per heavy atom. The van der Waals surface area contributed by atoms with Crippen molar-refractivity contribution in [3.63, 3.8) is 0 Å². The molecule has 1 fully saturated rings. The summed E-state index contributed by atoms with van der Waals surface area (Å²) in [6, 6.07) is 0.806. The largest absolute Gasteiger partial charge is 0.314 e. The van der Waals surface area contributed by atoms with Gasteiger partial charge in [-0.15, -0.1) is 0 Å². The van der Waals surface area contributed by atoms with Crippen LogP contribution in [-0.4, -0.2) is 37.1 Å². The van der Waals surface area contributed by atoms with Crippen LogP contribution in [0.1, 0.15) is 52.9 Å². The van der Waals surface area contributed by atoms with Crippen LogP contribution >= 0.6 is 0 Å². The summed E-state index contributed by atoms with van der Waals surface area (Å²) in [6.45, 7) is 11.7. The van der Waals surface area contributed by atoms with Gasteiger partial charge in [-0.1, -0.05) is 33.6 Å². The maximum absolute atomic E-state index is 3.73. The van der Waals surface area contributed by atoms with Crippen LogP contribution in [-0.2, 0) is 0 Å². The maximum Gasteiger partial charge on any atom is 0.00696 e. The van der Waals surface area contributed by atoms with Crippen LogP contribution in [0.5, 0.6) is 0 Å². The Balaban J connectivity index is 2.02. The molecule has 1 saturated carbocycles. The molecule has 1 N–H and O–H groups in total. The number of rotatable bonds is 7. The highest BCUT2D eigenvalue weighted by Crippen LogP contribution is 2.23. The Morgan fingerprint density at radius 2 is 1.94 bits per heavy atom. The quantitative estimate of drug-likeness (QED) is 0.672. The fraction of sp³-hybridized carbons (Fsp3) is 1.00. The van der Waals surface area contributed by atoms with E-state index in [1.54, 1.807) is 0 Å². The molecule has 16 heavy (non-hydrogen) atoms. The second-order valence-corrected chi connectivity index (χ2v) is 5.30. The first kappa shape index (κ1) is 14.0. The van der Waals surface area contributed by atoms with E-state index in [4.69, 9.17) is 0 Å². The normalized spacial score (nSPS) is 26.2. The highest BCUT2D eigenvalue weighted by Gasteiger charge is 2.17. The second kappa shape index (κ2) is 8.08. The molecule has 2 nitrogen and oxygen atoms in total. The Labute approximate surface area is 102 Å². The Bertz CT molecular complexity index is 166. The first-order chi connectivity index (χ1) is 7.76. The van der Waals surface area contributed by atoms with E-state index in [1.807, 2.05) is 0 Å². The zero-order chi connectivity index (χ0) is 11.8. The Hall–Kier alpha value is -0.0800. The summed E-state index contributed by atoms with van der Waals surface area (Å²) in [5, 5.41) is 3.73. The van der Waals surface area contributed by atoms with Gasteiger partial charge in [-0.25, -0.2) is 0 Å². The van der Waals surface area contributed by atoms with Crippen LogP contribution < -0.4 is 5.32 Å². The van der Waals surface area contributed by atoms with Crippen LogP contribution in [0.25, 0.3) is 0 Å². The van der Waals surface area contributed by atoms with Crippen molar-refractivity contribution in [2.75, 3.05) is 26.2 Å². The van der Waals surface area contributed by atoms with E-state index in [0.29, 0.717) is 0 Å². The maximum atomic E-state index is 3.73. The topological polar surface area (TPSA) is 15.3 Å². The van der Waals surface area contributed by atoms with Crippen LogP contribution in [0, 0.1) is 5.92 Å². The minimum Gasteiger partial charge on any atom is -0.314 e. The van der Waals surface area contributed by atoms with E-state index in [0.717, 1.165) is 12.0 Å². The molecule has 0 bridgehead atoms. The van der Waals surface area contributed by atoms with Crippen molar-refractivity contribution in [1.82, 2.24) is 10.2 Å². The van der Waals surface area contributed by atoms with E-state index >= 15 is 0 Å². The lowest BCUT2D eigenvalue weighted by Crippen LogP contribution is -2.35. The van der Waals surface area contributed by atoms with Gasteiger partial charge in [-0.2, -0.15) is 0 Å². The van der Waals surface area contributed by atoms with Crippen molar-refractivity contribution in [2.45, 2.75) is 58.9 Å². The molecule has 2 atom stereocenters. The average molecular weight is 226 g/mol. The van der Waals surface area contributed by atoms with Crippen molar-refractivity contribution in [3.05, 3.63) is 0 Å². The van der Waals surface area contributed by atoms with Gasteiger partial charge in [0.15, 0.2) is 0 Å². The summed E-state index contributed by atoms with van der Waals surface area (Å²) in [4.78, 5) is 2.51. The van der Waals surface area contributed by atoms with Gasteiger partial charge in [0, 0.05) is 6.04 Å². The molecular weight excluding hydrogens is 196 g/mol. The first-order valence-electron chi connectivity index (χ1n) is 7.22. The summed E-state index contributed by atoms with van der Waals surface area (Å²) < 4.78 is 0. The summed E-state index contributed by atoms with van der Waals surface area (Å²) >= 11 is 0. The molecule has 0 aromatic carbocycles. The smallest absolute Gasteiger partial charge is 0.00696 e.